The van der Waals surface area contributed by atoms with E-state index in [4.69, 9.17) is 4.74 Å². The Kier molecular flexibility index (Phi) is 5.50. The molecule has 0 aromatic carbocycles. The zero-order valence-electron chi connectivity index (χ0n) is 11.6. The molecular weight excluding hydrogens is 273 g/mol. The lowest BCUT2D eigenvalue weighted by Gasteiger charge is -2.14. The van der Waals surface area contributed by atoms with Crippen molar-refractivity contribution in [3.05, 3.63) is 23.4 Å². The summed E-state index contributed by atoms with van der Waals surface area (Å²) >= 11 is 0. The second kappa shape index (κ2) is 6.69. The third-order valence-corrected chi connectivity index (χ3v) is 2.55. The minimum atomic E-state index is -4.56. The molecule has 0 aliphatic rings. The molecule has 0 atom stereocenters. The molecule has 1 heterocycles. The summed E-state index contributed by atoms with van der Waals surface area (Å²) in [4.78, 5) is 16.9. The third-order valence-electron chi connectivity index (χ3n) is 2.55. The van der Waals surface area contributed by atoms with Crippen molar-refractivity contribution in [1.82, 2.24) is 9.88 Å². The molecule has 0 saturated heterocycles. The van der Waals surface area contributed by atoms with Gasteiger partial charge >= 0.3 is 6.18 Å². The molecule has 0 fully saturated rings. The van der Waals surface area contributed by atoms with Crippen LogP contribution in [0.2, 0.25) is 0 Å². The molecule has 4 nitrogen and oxygen atoms in total. The van der Waals surface area contributed by atoms with Crippen molar-refractivity contribution in [3.8, 4) is 5.88 Å². The van der Waals surface area contributed by atoms with Crippen LogP contribution >= 0.6 is 0 Å². The van der Waals surface area contributed by atoms with Gasteiger partial charge < -0.3 is 9.64 Å². The third kappa shape index (κ3) is 4.48. The molecule has 0 amide bonds. The fraction of sp³-hybridized carbons (Fsp3) is 0.538. The van der Waals surface area contributed by atoms with Crippen molar-refractivity contribution in [1.29, 1.82) is 0 Å². The van der Waals surface area contributed by atoms with E-state index in [-0.39, 0.29) is 30.3 Å². The van der Waals surface area contributed by atoms with Gasteiger partial charge in [0, 0.05) is 13.0 Å². The standard InChI is InChI=1S/C13H17F3N2O2/c1-4-10(19)9-5-6-11(13(14,15)16)17-12(9)20-8-7-18(2)3/h5-6H,4,7-8H2,1-3H3. The topological polar surface area (TPSA) is 42.4 Å². The lowest BCUT2D eigenvalue weighted by Crippen LogP contribution is -2.21. The van der Waals surface area contributed by atoms with E-state index >= 15 is 0 Å². The number of ether oxygens (including phenoxy) is 1. The highest BCUT2D eigenvalue weighted by Gasteiger charge is 2.33. The van der Waals surface area contributed by atoms with E-state index in [1.165, 1.54) is 0 Å². The normalized spacial score (nSPS) is 11.8. The Morgan fingerprint density at radius 3 is 2.50 bits per heavy atom. The van der Waals surface area contributed by atoms with Gasteiger partial charge in [0.1, 0.15) is 12.3 Å². The zero-order chi connectivity index (χ0) is 15.3. The van der Waals surface area contributed by atoms with Gasteiger partial charge in [-0.3, -0.25) is 4.79 Å². The van der Waals surface area contributed by atoms with E-state index < -0.39 is 11.9 Å². The second-order valence-corrected chi connectivity index (χ2v) is 4.48. The first-order valence-electron chi connectivity index (χ1n) is 6.14. The first kappa shape index (κ1) is 16.4. The molecule has 1 aromatic rings. The van der Waals surface area contributed by atoms with E-state index in [0.717, 1.165) is 12.1 Å². The molecule has 0 saturated carbocycles. The van der Waals surface area contributed by atoms with Gasteiger partial charge in [0.2, 0.25) is 5.88 Å². The van der Waals surface area contributed by atoms with Gasteiger partial charge in [-0.15, -0.1) is 0 Å². The average Bonchev–Trinajstić information content (AvgIpc) is 2.36. The van der Waals surface area contributed by atoms with Crippen molar-refractivity contribution in [2.24, 2.45) is 0 Å². The first-order chi connectivity index (χ1) is 9.25. The van der Waals surface area contributed by atoms with Gasteiger partial charge in [0.15, 0.2) is 5.78 Å². The van der Waals surface area contributed by atoms with Gasteiger partial charge in [-0.25, -0.2) is 4.98 Å². The maximum atomic E-state index is 12.6. The average molecular weight is 290 g/mol. The Hall–Kier alpha value is -1.63. The van der Waals surface area contributed by atoms with Gasteiger partial charge in [0.25, 0.3) is 0 Å². The zero-order valence-corrected chi connectivity index (χ0v) is 11.6. The molecule has 7 heteroatoms. The highest BCUT2D eigenvalue weighted by Crippen LogP contribution is 2.30. The number of rotatable bonds is 6. The van der Waals surface area contributed by atoms with Crippen molar-refractivity contribution < 1.29 is 22.7 Å². The van der Waals surface area contributed by atoms with E-state index in [9.17, 15) is 18.0 Å². The molecule has 0 aliphatic carbocycles. The Morgan fingerprint density at radius 2 is 2.00 bits per heavy atom. The van der Waals surface area contributed by atoms with Crippen LogP contribution in [0, 0.1) is 0 Å². The summed E-state index contributed by atoms with van der Waals surface area (Å²) in [6.07, 6.45) is -4.38. The van der Waals surface area contributed by atoms with Crippen molar-refractivity contribution >= 4 is 5.78 Å². The van der Waals surface area contributed by atoms with Crippen LogP contribution in [0.15, 0.2) is 12.1 Å². The van der Waals surface area contributed by atoms with Gasteiger partial charge in [-0.2, -0.15) is 13.2 Å². The number of carbonyl (C=O) groups excluding carboxylic acids is 1. The summed E-state index contributed by atoms with van der Waals surface area (Å²) in [6, 6.07) is 1.91. The smallest absolute Gasteiger partial charge is 0.433 e. The Morgan fingerprint density at radius 1 is 1.35 bits per heavy atom. The van der Waals surface area contributed by atoms with Crippen LogP contribution in [0.1, 0.15) is 29.4 Å². The molecule has 0 unspecified atom stereocenters. The number of pyridine rings is 1. The molecular formula is C13H17F3N2O2. The van der Waals surface area contributed by atoms with Gasteiger partial charge in [-0.05, 0) is 26.2 Å². The Balaban J connectivity index is 3.03. The van der Waals surface area contributed by atoms with Crippen LogP contribution in [-0.2, 0) is 6.18 Å². The van der Waals surface area contributed by atoms with Crippen molar-refractivity contribution in [3.63, 3.8) is 0 Å². The predicted molar refractivity (Wildman–Crippen MR) is 67.9 cm³/mol. The number of hydrogen-bond donors (Lipinski definition) is 0. The number of hydrogen-bond acceptors (Lipinski definition) is 4. The lowest BCUT2D eigenvalue weighted by atomic mass is 10.1. The fourth-order valence-corrected chi connectivity index (χ4v) is 1.44. The number of likely N-dealkylation sites (N-methyl/N-ethyl adjacent to an activating group) is 1. The summed E-state index contributed by atoms with van der Waals surface area (Å²) in [6.45, 7) is 2.30. The Bertz CT molecular complexity index is 473. The molecule has 0 aliphatic heterocycles. The highest BCUT2D eigenvalue weighted by molar-refractivity contribution is 5.97. The quantitative estimate of drug-likeness (QED) is 0.755. The molecule has 20 heavy (non-hydrogen) atoms. The summed E-state index contributed by atoms with van der Waals surface area (Å²) < 4.78 is 43.1. The van der Waals surface area contributed by atoms with Crippen LogP contribution in [0.25, 0.3) is 0 Å². The number of aromatic nitrogens is 1. The summed E-state index contributed by atoms with van der Waals surface area (Å²) in [5.41, 5.74) is -0.982. The maximum Gasteiger partial charge on any atom is 0.433 e. The van der Waals surface area contributed by atoms with E-state index in [2.05, 4.69) is 4.98 Å². The SMILES string of the molecule is CCC(=O)c1ccc(C(F)(F)F)nc1OCCN(C)C. The van der Waals surface area contributed by atoms with E-state index in [0.29, 0.717) is 6.54 Å². The van der Waals surface area contributed by atoms with Crippen LogP contribution in [0.5, 0.6) is 5.88 Å². The minimum absolute atomic E-state index is 0.0826. The number of ketones is 1. The first-order valence-corrected chi connectivity index (χ1v) is 6.14. The monoisotopic (exact) mass is 290 g/mol. The number of Topliss-reactive ketones (excluding diaryl/α,β-unsaturated/α-hetero) is 1. The molecule has 1 aromatic heterocycles. The molecule has 0 N–H and O–H groups in total. The summed E-state index contributed by atoms with van der Waals surface area (Å²) in [5, 5.41) is 0. The largest absolute Gasteiger partial charge is 0.476 e. The molecule has 0 bridgehead atoms. The van der Waals surface area contributed by atoms with Gasteiger partial charge in [-0.1, -0.05) is 6.92 Å². The predicted octanol–water partition coefficient (Wildman–Crippen LogP) is 2.63. The van der Waals surface area contributed by atoms with Crippen LogP contribution in [0.3, 0.4) is 0 Å². The second-order valence-electron chi connectivity index (χ2n) is 4.48. The molecule has 1 rings (SSSR count). The number of alkyl halides is 3. The molecule has 0 spiro atoms. The maximum absolute atomic E-state index is 12.6. The van der Waals surface area contributed by atoms with Crippen molar-refractivity contribution in [2.75, 3.05) is 27.2 Å². The number of halogens is 3. The van der Waals surface area contributed by atoms with Gasteiger partial charge in [0.05, 0.1) is 5.56 Å². The van der Waals surface area contributed by atoms with E-state index in [1.54, 1.807) is 21.0 Å². The van der Waals surface area contributed by atoms with Crippen molar-refractivity contribution in [2.45, 2.75) is 19.5 Å². The molecule has 112 valence electrons. The summed E-state index contributed by atoms with van der Waals surface area (Å²) in [5.74, 6) is -0.556. The Labute approximate surface area is 115 Å². The van der Waals surface area contributed by atoms with Crippen LogP contribution in [0.4, 0.5) is 13.2 Å². The highest BCUT2D eigenvalue weighted by atomic mass is 19.4. The van der Waals surface area contributed by atoms with Crippen LogP contribution < -0.4 is 4.74 Å². The fourth-order valence-electron chi connectivity index (χ4n) is 1.44. The number of nitrogens with zero attached hydrogens (tertiary/aromatic N) is 2. The van der Waals surface area contributed by atoms with E-state index in [1.807, 2.05) is 4.90 Å². The van der Waals surface area contributed by atoms with Crippen LogP contribution in [-0.4, -0.2) is 42.9 Å². The lowest BCUT2D eigenvalue weighted by molar-refractivity contribution is -0.141. The molecule has 0 radical (unpaired) electrons. The minimum Gasteiger partial charge on any atom is -0.476 e. The summed E-state index contributed by atoms with van der Waals surface area (Å²) in [7, 11) is 3.61. The number of carbonyl (C=O) groups is 1.